The van der Waals surface area contributed by atoms with Crippen LogP contribution in [0.4, 0.5) is 5.69 Å². The van der Waals surface area contributed by atoms with E-state index in [1.54, 1.807) is 55.7 Å². The molecule has 27 heavy (non-hydrogen) atoms. The van der Waals surface area contributed by atoms with E-state index < -0.39 is 18.0 Å². The summed E-state index contributed by atoms with van der Waals surface area (Å²) in [6, 6.07) is 14.3. The summed E-state index contributed by atoms with van der Waals surface area (Å²) in [5.41, 5.74) is 1.39. The second kappa shape index (κ2) is 10.0. The minimum Gasteiger partial charge on any atom is -0.493 e. The molecule has 0 saturated heterocycles. The number of benzene rings is 2. The molecule has 142 valence electrons. The van der Waals surface area contributed by atoms with Crippen LogP contribution in [0.1, 0.15) is 19.4 Å². The Kier molecular flexibility index (Phi) is 7.43. The maximum atomic E-state index is 12.1. The van der Waals surface area contributed by atoms with Gasteiger partial charge in [-0.15, -0.1) is 0 Å². The van der Waals surface area contributed by atoms with Crippen LogP contribution in [-0.2, 0) is 14.3 Å². The van der Waals surface area contributed by atoms with Crippen LogP contribution in [0.15, 0.2) is 54.6 Å². The third kappa shape index (κ3) is 6.18. The molecular formula is C21H23NO5. The number of ether oxygens (including phenoxy) is 3. The van der Waals surface area contributed by atoms with Crippen molar-refractivity contribution < 1.29 is 23.8 Å². The zero-order chi connectivity index (χ0) is 19.6. The van der Waals surface area contributed by atoms with Crippen LogP contribution >= 0.6 is 0 Å². The molecule has 2 rings (SSSR count). The highest BCUT2D eigenvalue weighted by Crippen LogP contribution is 2.28. The molecule has 0 aromatic heterocycles. The van der Waals surface area contributed by atoms with Crippen LogP contribution in [0.25, 0.3) is 6.08 Å². The van der Waals surface area contributed by atoms with Crippen molar-refractivity contribution in [2.75, 3.05) is 19.0 Å². The van der Waals surface area contributed by atoms with Gasteiger partial charge in [-0.3, -0.25) is 4.79 Å². The summed E-state index contributed by atoms with van der Waals surface area (Å²) in [5.74, 6) is 0.193. The van der Waals surface area contributed by atoms with Crippen molar-refractivity contribution in [2.45, 2.75) is 20.0 Å². The molecule has 1 atom stereocenters. The van der Waals surface area contributed by atoms with E-state index >= 15 is 0 Å². The standard InChI is InChI=1S/C21H23NO5/c1-4-26-18-12-10-16(14-19(18)25-3)11-13-20(23)27-15(2)21(24)22-17-8-6-5-7-9-17/h5-15H,4H2,1-3H3,(H,22,24)/b13-11+/t15-/m0/s1. The van der Waals surface area contributed by atoms with Crippen LogP contribution in [0, 0.1) is 0 Å². The average molecular weight is 369 g/mol. The minimum atomic E-state index is -0.919. The highest BCUT2D eigenvalue weighted by molar-refractivity contribution is 5.96. The Morgan fingerprint density at radius 3 is 2.52 bits per heavy atom. The summed E-state index contributed by atoms with van der Waals surface area (Å²) < 4.78 is 15.9. The predicted molar refractivity (Wildman–Crippen MR) is 104 cm³/mol. The van der Waals surface area contributed by atoms with Crippen molar-refractivity contribution in [1.82, 2.24) is 0 Å². The number of nitrogens with one attached hydrogen (secondary N) is 1. The topological polar surface area (TPSA) is 73.9 Å². The lowest BCUT2D eigenvalue weighted by Gasteiger charge is -2.12. The first kappa shape index (κ1) is 20.0. The Bertz CT molecular complexity index is 801. The van der Waals surface area contributed by atoms with E-state index in [1.807, 2.05) is 13.0 Å². The number of carbonyl (C=O) groups is 2. The highest BCUT2D eigenvalue weighted by Gasteiger charge is 2.16. The van der Waals surface area contributed by atoms with Crippen LogP contribution < -0.4 is 14.8 Å². The molecule has 0 aliphatic rings. The molecule has 0 aliphatic carbocycles. The first-order valence-electron chi connectivity index (χ1n) is 8.59. The molecule has 0 fully saturated rings. The van der Waals surface area contributed by atoms with Gasteiger partial charge >= 0.3 is 5.97 Å². The third-order valence-corrected chi connectivity index (χ3v) is 3.60. The number of hydrogen-bond donors (Lipinski definition) is 1. The Hall–Kier alpha value is -3.28. The lowest BCUT2D eigenvalue weighted by atomic mass is 10.2. The Morgan fingerprint density at radius 1 is 1.11 bits per heavy atom. The Labute approximate surface area is 158 Å². The van der Waals surface area contributed by atoms with Gasteiger partial charge in [-0.05, 0) is 49.8 Å². The van der Waals surface area contributed by atoms with Gasteiger partial charge in [0.15, 0.2) is 17.6 Å². The van der Waals surface area contributed by atoms with E-state index in [-0.39, 0.29) is 0 Å². The second-order valence-electron chi connectivity index (χ2n) is 5.61. The van der Waals surface area contributed by atoms with Gasteiger partial charge < -0.3 is 19.5 Å². The van der Waals surface area contributed by atoms with Gasteiger partial charge in [0.1, 0.15) is 0 Å². The number of rotatable bonds is 8. The van der Waals surface area contributed by atoms with Gasteiger partial charge in [-0.2, -0.15) is 0 Å². The monoisotopic (exact) mass is 369 g/mol. The normalized spacial score (nSPS) is 11.7. The van der Waals surface area contributed by atoms with Crippen LogP contribution in [0.2, 0.25) is 0 Å². The van der Waals surface area contributed by atoms with Crippen LogP contribution in [-0.4, -0.2) is 31.7 Å². The Morgan fingerprint density at radius 2 is 1.85 bits per heavy atom. The van der Waals surface area contributed by atoms with E-state index in [0.717, 1.165) is 5.56 Å². The number of amides is 1. The van der Waals surface area contributed by atoms with Crippen LogP contribution in [0.5, 0.6) is 11.5 Å². The first-order valence-corrected chi connectivity index (χ1v) is 8.59. The molecule has 0 saturated carbocycles. The van der Waals surface area contributed by atoms with Crippen molar-refractivity contribution in [3.8, 4) is 11.5 Å². The molecule has 6 heteroatoms. The van der Waals surface area contributed by atoms with Gasteiger partial charge in [-0.1, -0.05) is 24.3 Å². The fraction of sp³-hybridized carbons (Fsp3) is 0.238. The second-order valence-corrected chi connectivity index (χ2v) is 5.61. The number of para-hydroxylation sites is 1. The number of anilines is 1. The van der Waals surface area contributed by atoms with Crippen LogP contribution in [0.3, 0.4) is 0 Å². The molecule has 2 aromatic rings. The molecule has 0 aliphatic heterocycles. The average Bonchev–Trinajstić information content (AvgIpc) is 2.68. The van der Waals surface area contributed by atoms with E-state index in [2.05, 4.69) is 5.32 Å². The molecule has 0 spiro atoms. The quantitative estimate of drug-likeness (QED) is 0.568. The van der Waals surface area contributed by atoms with Gasteiger partial charge in [0.25, 0.3) is 5.91 Å². The van der Waals surface area contributed by atoms with Gasteiger partial charge in [-0.25, -0.2) is 4.79 Å². The molecule has 6 nitrogen and oxygen atoms in total. The SMILES string of the molecule is CCOc1ccc(/C=C/C(=O)O[C@@H](C)C(=O)Nc2ccccc2)cc1OC. The molecule has 1 amide bonds. The van der Waals surface area contributed by atoms with Gasteiger partial charge in [0, 0.05) is 11.8 Å². The number of esters is 1. The summed E-state index contributed by atoms with van der Waals surface area (Å²) >= 11 is 0. The zero-order valence-corrected chi connectivity index (χ0v) is 15.6. The van der Waals surface area contributed by atoms with Crippen molar-refractivity contribution in [3.63, 3.8) is 0 Å². The molecule has 1 N–H and O–H groups in total. The summed E-state index contributed by atoms with van der Waals surface area (Å²) in [4.78, 5) is 24.0. The highest BCUT2D eigenvalue weighted by atomic mass is 16.5. The van der Waals surface area contributed by atoms with E-state index in [9.17, 15) is 9.59 Å². The van der Waals surface area contributed by atoms with Crippen molar-refractivity contribution in [3.05, 3.63) is 60.2 Å². The summed E-state index contributed by atoms with van der Waals surface area (Å²) in [5, 5.41) is 2.68. The number of hydrogen-bond acceptors (Lipinski definition) is 5. The lowest BCUT2D eigenvalue weighted by molar-refractivity contribution is -0.148. The van der Waals surface area contributed by atoms with Gasteiger partial charge in [0.2, 0.25) is 0 Å². The third-order valence-electron chi connectivity index (χ3n) is 3.60. The minimum absolute atomic E-state index is 0.398. The van der Waals surface area contributed by atoms with E-state index in [1.165, 1.54) is 13.0 Å². The largest absolute Gasteiger partial charge is 0.493 e. The van der Waals surface area contributed by atoms with E-state index in [0.29, 0.717) is 23.8 Å². The zero-order valence-electron chi connectivity index (χ0n) is 15.6. The van der Waals surface area contributed by atoms with Crippen molar-refractivity contribution in [1.29, 1.82) is 0 Å². The molecular weight excluding hydrogens is 346 g/mol. The number of carbonyl (C=O) groups excluding carboxylic acids is 2. The fourth-order valence-electron chi connectivity index (χ4n) is 2.26. The maximum absolute atomic E-state index is 12.1. The lowest BCUT2D eigenvalue weighted by Crippen LogP contribution is -2.29. The number of methoxy groups -OCH3 is 1. The smallest absolute Gasteiger partial charge is 0.331 e. The Balaban J connectivity index is 1.93. The molecule has 2 aromatic carbocycles. The summed E-state index contributed by atoms with van der Waals surface area (Å²) in [6.45, 7) is 3.93. The summed E-state index contributed by atoms with van der Waals surface area (Å²) in [7, 11) is 1.55. The fourth-order valence-corrected chi connectivity index (χ4v) is 2.26. The predicted octanol–water partition coefficient (Wildman–Crippen LogP) is 3.68. The molecule has 0 heterocycles. The molecule has 0 radical (unpaired) electrons. The summed E-state index contributed by atoms with van der Waals surface area (Å²) in [6.07, 6.45) is 1.93. The van der Waals surface area contributed by atoms with E-state index in [4.69, 9.17) is 14.2 Å². The molecule has 0 unspecified atom stereocenters. The maximum Gasteiger partial charge on any atom is 0.331 e. The first-order chi connectivity index (χ1) is 13.0. The van der Waals surface area contributed by atoms with Gasteiger partial charge in [0.05, 0.1) is 13.7 Å². The molecule has 0 bridgehead atoms. The van der Waals surface area contributed by atoms with Crippen molar-refractivity contribution >= 4 is 23.6 Å². The van der Waals surface area contributed by atoms with Crippen molar-refractivity contribution in [2.24, 2.45) is 0 Å².